The van der Waals surface area contributed by atoms with E-state index >= 15 is 0 Å². The second-order valence-electron chi connectivity index (χ2n) is 3.78. The topological polar surface area (TPSA) is 44.1 Å². The molecule has 17 heavy (non-hydrogen) atoms. The maximum Gasteiger partial charge on any atom is 0.337 e. The molecule has 4 heteroatoms. The molecule has 0 aliphatic heterocycles. The van der Waals surface area contributed by atoms with Crippen molar-refractivity contribution in [3.05, 3.63) is 53.9 Å². The largest absolute Gasteiger partial charge is 0.465 e. The summed E-state index contributed by atoms with van der Waals surface area (Å²) in [6, 6.07) is 9.40. The molecule has 0 aliphatic carbocycles. The standard InChI is InChI=1S/C13H14N2O2/c1-10(15-9-3-8-14-15)11-4-6-12(7-5-11)13(16)17-2/h3-10H,1-2H3. The molecule has 2 aromatic rings. The van der Waals surface area contributed by atoms with E-state index in [9.17, 15) is 4.79 Å². The molecule has 0 bridgehead atoms. The second-order valence-corrected chi connectivity index (χ2v) is 3.78. The lowest BCUT2D eigenvalue weighted by Gasteiger charge is -2.12. The first-order valence-electron chi connectivity index (χ1n) is 5.40. The molecule has 0 saturated carbocycles. The van der Waals surface area contributed by atoms with Crippen LogP contribution in [-0.2, 0) is 4.74 Å². The molecule has 1 heterocycles. The normalized spacial score (nSPS) is 12.1. The Hall–Kier alpha value is -2.10. The van der Waals surface area contributed by atoms with Crippen LogP contribution in [0.15, 0.2) is 42.7 Å². The molecule has 1 aromatic heterocycles. The van der Waals surface area contributed by atoms with E-state index in [1.165, 1.54) is 7.11 Å². The van der Waals surface area contributed by atoms with Gasteiger partial charge >= 0.3 is 5.97 Å². The molecule has 88 valence electrons. The van der Waals surface area contributed by atoms with Gasteiger partial charge in [0.25, 0.3) is 0 Å². The number of benzene rings is 1. The zero-order valence-corrected chi connectivity index (χ0v) is 9.83. The molecule has 4 nitrogen and oxygen atoms in total. The molecule has 0 aliphatic rings. The minimum Gasteiger partial charge on any atom is -0.465 e. The lowest BCUT2D eigenvalue weighted by atomic mass is 10.1. The third-order valence-electron chi connectivity index (χ3n) is 2.74. The molecule has 1 aromatic carbocycles. The van der Waals surface area contributed by atoms with Crippen molar-refractivity contribution in [2.24, 2.45) is 0 Å². The summed E-state index contributed by atoms with van der Waals surface area (Å²) >= 11 is 0. The van der Waals surface area contributed by atoms with E-state index in [0.29, 0.717) is 5.56 Å². The van der Waals surface area contributed by atoms with E-state index in [1.54, 1.807) is 18.3 Å². The molecule has 0 radical (unpaired) electrons. The van der Waals surface area contributed by atoms with Crippen molar-refractivity contribution in [2.75, 3.05) is 7.11 Å². The number of carbonyl (C=O) groups excluding carboxylic acids is 1. The lowest BCUT2D eigenvalue weighted by Crippen LogP contribution is -2.08. The zero-order valence-electron chi connectivity index (χ0n) is 9.83. The van der Waals surface area contributed by atoms with Crippen molar-refractivity contribution in [3.8, 4) is 0 Å². The lowest BCUT2D eigenvalue weighted by molar-refractivity contribution is 0.0600. The van der Waals surface area contributed by atoms with Crippen LogP contribution in [0, 0.1) is 0 Å². The number of rotatable bonds is 3. The van der Waals surface area contributed by atoms with Crippen molar-refractivity contribution >= 4 is 5.97 Å². The maximum atomic E-state index is 11.3. The molecule has 0 N–H and O–H groups in total. The average Bonchev–Trinajstić information content (AvgIpc) is 2.91. The fraction of sp³-hybridized carbons (Fsp3) is 0.231. The van der Waals surface area contributed by atoms with Crippen LogP contribution < -0.4 is 0 Å². The number of nitrogens with zero attached hydrogens (tertiary/aromatic N) is 2. The summed E-state index contributed by atoms with van der Waals surface area (Å²) in [4.78, 5) is 11.3. The van der Waals surface area contributed by atoms with Crippen molar-refractivity contribution in [3.63, 3.8) is 0 Å². The summed E-state index contributed by atoms with van der Waals surface area (Å²) in [6.07, 6.45) is 3.66. The Morgan fingerprint density at radius 3 is 2.59 bits per heavy atom. The fourth-order valence-electron chi connectivity index (χ4n) is 1.68. The Balaban J connectivity index is 2.21. The molecule has 1 unspecified atom stereocenters. The molecule has 0 fully saturated rings. The van der Waals surface area contributed by atoms with Gasteiger partial charge in [0.05, 0.1) is 18.7 Å². The number of hydrogen-bond acceptors (Lipinski definition) is 3. The van der Waals surface area contributed by atoms with Gasteiger partial charge in [-0.05, 0) is 30.7 Å². The van der Waals surface area contributed by atoms with Gasteiger partial charge in [-0.1, -0.05) is 12.1 Å². The summed E-state index contributed by atoms with van der Waals surface area (Å²) in [5.74, 6) is -0.316. The molecule has 1 atom stereocenters. The Kier molecular flexibility index (Phi) is 3.23. The van der Waals surface area contributed by atoms with Gasteiger partial charge < -0.3 is 4.74 Å². The molecular weight excluding hydrogens is 216 g/mol. The third kappa shape index (κ3) is 2.36. The van der Waals surface area contributed by atoms with Crippen molar-refractivity contribution < 1.29 is 9.53 Å². The Bertz CT molecular complexity index is 489. The van der Waals surface area contributed by atoms with Gasteiger partial charge in [0, 0.05) is 12.4 Å². The highest BCUT2D eigenvalue weighted by molar-refractivity contribution is 5.89. The van der Waals surface area contributed by atoms with Gasteiger partial charge in [-0.15, -0.1) is 0 Å². The first kappa shape index (κ1) is 11.4. The highest BCUT2D eigenvalue weighted by Gasteiger charge is 2.09. The quantitative estimate of drug-likeness (QED) is 0.760. The summed E-state index contributed by atoms with van der Waals surface area (Å²) < 4.78 is 6.52. The van der Waals surface area contributed by atoms with Crippen molar-refractivity contribution in [2.45, 2.75) is 13.0 Å². The minimum absolute atomic E-state index is 0.150. The Morgan fingerprint density at radius 2 is 2.06 bits per heavy atom. The highest BCUT2D eigenvalue weighted by atomic mass is 16.5. The van der Waals surface area contributed by atoms with Crippen LogP contribution in [0.25, 0.3) is 0 Å². The van der Waals surface area contributed by atoms with Gasteiger partial charge in [-0.2, -0.15) is 5.10 Å². The molecule has 2 rings (SSSR count). The molecule has 0 amide bonds. The van der Waals surface area contributed by atoms with Gasteiger partial charge in [-0.3, -0.25) is 4.68 Å². The number of carbonyl (C=O) groups is 1. The van der Waals surface area contributed by atoms with Crippen LogP contribution >= 0.6 is 0 Å². The van der Waals surface area contributed by atoms with Gasteiger partial charge in [0.15, 0.2) is 0 Å². The van der Waals surface area contributed by atoms with Crippen LogP contribution in [0.5, 0.6) is 0 Å². The van der Waals surface area contributed by atoms with E-state index < -0.39 is 0 Å². The monoisotopic (exact) mass is 230 g/mol. The molecule has 0 saturated heterocycles. The predicted molar refractivity (Wildman–Crippen MR) is 63.8 cm³/mol. The summed E-state index contributed by atoms with van der Waals surface area (Å²) in [7, 11) is 1.38. The minimum atomic E-state index is -0.316. The number of ether oxygens (including phenoxy) is 1. The number of methoxy groups -OCH3 is 1. The van der Waals surface area contributed by atoms with Crippen LogP contribution in [0.3, 0.4) is 0 Å². The van der Waals surface area contributed by atoms with Crippen LogP contribution in [-0.4, -0.2) is 22.9 Å². The van der Waals surface area contributed by atoms with Crippen LogP contribution in [0.4, 0.5) is 0 Å². The Morgan fingerprint density at radius 1 is 1.35 bits per heavy atom. The van der Waals surface area contributed by atoms with E-state index in [1.807, 2.05) is 29.1 Å². The smallest absolute Gasteiger partial charge is 0.337 e. The van der Waals surface area contributed by atoms with Gasteiger partial charge in [0.2, 0.25) is 0 Å². The number of aromatic nitrogens is 2. The zero-order chi connectivity index (χ0) is 12.3. The van der Waals surface area contributed by atoms with Gasteiger partial charge in [-0.25, -0.2) is 4.79 Å². The highest BCUT2D eigenvalue weighted by Crippen LogP contribution is 2.17. The third-order valence-corrected chi connectivity index (χ3v) is 2.74. The van der Waals surface area contributed by atoms with E-state index in [2.05, 4.69) is 16.8 Å². The average molecular weight is 230 g/mol. The summed E-state index contributed by atoms with van der Waals surface area (Å²) in [5, 5.41) is 4.19. The first-order valence-corrected chi connectivity index (χ1v) is 5.40. The van der Waals surface area contributed by atoms with Crippen molar-refractivity contribution in [1.82, 2.24) is 9.78 Å². The Labute approximate surface area is 99.8 Å². The van der Waals surface area contributed by atoms with Crippen molar-refractivity contribution in [1.29, 1.82) is 0 Å². The van der Waals surface area contributed by atoms with Crippen LogP contribution in [0.2, 0.25) is 0 Å². The van der Waals surface area contributed by atoms with Crippen LogP contribution in [0.1, 0.15) is 28.9 Å². The molecular formula is C13H14N2O2. The first-order chi connectivity index (χ1) is 8.22. The second kappa shape index (κ2) is 4.82. The van der Waals surface area contributed by atoms with E-state index in [-0.39, 0.29) is 12.0 Å². The fourth-order valence-corrected chi connectivity index (χ4v) is 1.68. The molecule has 0 spiro atoms. The number of hydrogen-bond donors (Lipinski definition) is 0. The van der Waals surface area contributed by atoms with E-state index in [0.717, 1.165) is 5.56 Å². The predicted octanol–water partition coefficient (Wildman–Crippen LogP) is 2.28. The summed E-state index contributed by atoms with van der Waals surface area (Å²) in [5.41, 5.74) is 1.66. The SMILES string of the molecule is COC(=O)c1ccc(C(C)n2cccn2)cc1. The number of esters is 1. The van der Waals surface area contributed by atoms with Gasteiger partial charge in [0.1, 0.15) is 0 Å². The maximum absolute atomic E-state index is 11.3. The summed E-state index contributed by atoms with van der Waals surface area (Å²) in [6.45, 7) is 2.06. The van der Waals surface area contributed by atoms with E-state index in [4.69, 9.17) is 0 Å².